The Bertz CT molecular complexity index is 641. The maximum atomic E-state index is 11.9. The molecule has 0 spiro atoms. The molecule has 4 nitrogen and oxygen atoms in total. The number of carbonyl (C=O) groups excluding carboxylic acids is 2. The van der Waals surface area contributed by atoms with Crippen molar-refractivity contribution in [1.29, 1.82) is 0 Å². The fourth-order valence-corrected chi connectivity index (χ4v) is 3.06. The van der Waals surface area contributed by atoms with Gasteiger partial charge in [0, 0.05) is 34.4 Å². The van der Waals surface area contributed by atoms with Gasteiger partial charge in [0.15, 0.2) is 0 Å². The van der Waals surface area contributed by atoms with E-state index < -0.39 is 0 Å². The van der Waals surface area contributed by atoms with Crippen LogP contribution in [0.2, 0.25) is 0 Å². The molecule has 1 aromatic heterocycles. The Kier molecular flexibility index (Phi) is 6.80. The summed E-state index contributed by atoms with van der Waals surface area (Å²) in [4.78, 5) is 23.6. The van der Waals surface area contributed by atoms with Crippen molar-refractivity contribution < 1.29 is 9.59 Å². The maximum Gasteiger partial charge on any atom is 0.252 e. The van der Waals surface area contributed by atoms with Gasteiger partial charge >= 0.3 is 0 Å². The Morgan fingerprint density at radius 3 is 2.61 bits per heavy atom. The number of hydrogen-bond donors (Lipinski definition) is 2. The van der Waals surface area contributed by atoms with Crippen LogP contribution in [0.15, 0.2) is 45.6 Å². The summed E-state index contributed by atoms with van der Waals surface area (Å²) in [6.07, 6.45) is 1.06. The van der Waals surface area contributed by atoms with E-state index in [-0.39, 0.29) is 24.3 Å². The lowest BCUT2D eigenvalue weighted by Gasteiger charge is -2.14. The number of amides is 2. The second-order valence-electron chi connectivity index (χ2n) is 5.32. The van der Waals surface area contributed by atoms with Crippen LogP contribution in [0, 0.1) is 0 Å². The van der Waals surface area contributed by atoms with E-state index in [1.165, 1.54) is 16.9 Å². The Morgan fingerprint density at radius 1 is 1.22 bits per heavy atom. The molecule has 1 unspecified atom stereocenters. The van der Waals surface area contributed by atoms with Gasteiger partial charge in [0.25, 0.3) is 5.91 Å². The van der Waals surface area contributed by atoms with Crippen LogP contribution in [0.1, 0.15) is 29.3 Å². The van der Waals surface area contributed by atoms with E-state index in [0.717, 1.165) is 10.9 Å². The van der Waals surface area contributed by atoms with Crippen molar-refractivity contribution in [3.05, 3.63) is 56.7 Å². The van der Waals surface area contributed by atoms with E-state index in [1.54, 1.807) is 11.4 Å². The average molecular weight is 395 g/mol. The molecule has 2 rings (SSSR count). The van der Waals surface area contributed by atoms with Crippen LogP contribution in [0.3, 0.4) is 0 Å². The first kappa shape index (κ1) is 17.7. The van der Waals surface area contributed by atoms with E-state index in [2.05, 4.69) is 26.6 Å². The summed E-state index contributed by atoms with van der Waals surface area (Å²) in [5, 5.41) is 9.34. The highest BCUT2D eigenvalue weighted by Crippen LogP contribution is 2.12. The number of nitrogens with one attached hydrogen (secondary N) is 2. The Morgan fingerprint density at radius 2 is 1.96 bits per heavy atom. The van der Waals surface area contributed by atoms with Crippen molar-refractivity contribution in [2.75, 3.05) is 6.54 Å². The van der Waals surface area contributed by atoms with Crippen LogP contribution < -0.4 is 10.6 Å². The van der Waals surface area contributed by atoms with Gasteiger partial charge in [-0.2, -0.15) is 11.3 Å². The van der Waals surface area contributed by atoms with Gasteiger partial charge in [-0.1, -0.05) is 28.1 Å². The van der Waals surface area contributed by atoms with Crippen molar-refractivity contribution in [3.63, 3.8) is 0 Å². The van der Waals surface area contributed by atoms with Gasteiger partial charge in [0.1, 0.15) is 0 Å². The molecule has 6 heteroatoms. The minimum Gasteiger partial charge on any atom is -0.353 e. The molecular formula is C17H19BrN2O2S. The molecule has 122 valence electrons. The Hall–Kier alpha value is -1.66. The predicted octanol–water partition coefficient (Wildman–Crippen LogP) is 3.38. The standard InChI is InChI=1S/C17H19BrN2O2S/c1-12(10-13-2-4-15(18)5-3-13)20-16(21)6-8-19-17(22)14-7-9-23-11-14/h2-5,7,9,11-12H,6,8,10H2,1H3,(H,19,22)(H,20,21). The van der Waals surface area contributed by atoms with E-state index >= 15 is 0 Å². The lowest BCUT2D eigenvalue weighted by atomic mass is 10.1. The second-order valence-corrected chi connectivity index (χ2v) is 7.01. The fourth-order valence-electron chi connectivity index (χ4n) is 2.16. The highest BCUT2D eigenvalue weighted by atomic mass is 79.9. The number of thiophene rings is 1. The summed E-state index contributed by atoms with van der Waals surface area (Å²) in [6.45, 7) is 2.31. The van der Waals surface area contributed by atoms with Gasteiger partial charge in [-0.3, -0.25) is 9.59 Å². The number of rotatable bonds is 7. The number of halogens is 1. The quantitative estimate of drug-likeness (QED) is 0.755. The largest absolute Gasteiger partial charge is 0.353 e. The highest BCUT2D eigenvalue weighted by molar-refractivity contribution is 9.10. The van der Waals surface area contributed by atoms with E-state index in [4.69, 9.17) is 0 Å². The first-order valence-electron chi connectivity index (χ1n) is 7.39. The van der Waals surface area contributed by atoms with Gasteiger partial charge in [-0.25, -0.2) is 0 Å². The normalized spacial score (nSPS) is 11.7. The lowest BCUT2D eigenvalue weighted by Crippen LogP contribution is -2.36. The fraction of sp³-hybridized carbons (Fsp3) is 0.294. The van der Waals surface area contributed by atoms with E-state index in [0.29, 0.717) is 12.1 Å². The van der Waals surface area contributed by atoms with Gasteiger partial charge in [-0.05, 0) is 42.5 Å². The lowest BCUT2D eigenvalue weighted by molar-refractivity contribution is -0.121. The zero-order valence-electron chi connectivity index (χ0n) is 12.8. The predicted molar refractivity (Wildman–Crippen MR) is 96.7 cm³/mol. The number of carbonyl (C=O) groups is 2. The molecule has 0 saturated carbocycles. The number of benzene rings is 1. The molecule has 0 aliphatic rings. The smallest absolute Gasteiger partial charge is 0.252 e. The average Bonchev–Trinajstić information content (AvgIpc) is 3.03. The summed E-state index contributed by atoms with van der Waals surface area (Å²) >= 11 is 4.88. The number of hydrogen-bond acceptors (Lipinski definition) is 3. The minimum absolute atomic E-state index is 0.0521. The third-order valence-corrected chi connectivity index (χ3v) is 4.50. The first-order chi connectivity index (χ1) is 11.0. The molecule has 0 aliphatic heterocycles. The summed E-state index contributed by atoms with van der Waals surface area (Å²) in [5.74, 6) is -0.192. The van der Waals surface area contributed by atoms with Gasteiger partial charge in [0.05, 0.1) is 0 Å². The second kappa shape index (κ2) is 8.84. The molecule has 23 heavy (non-hydrogen) atoms. The van der Waals surface area contributed by atoms with Gasteiger partial charge in [0.2, 0.25) is 5.91 Å². The monoisotopic (exact) mass is 394 g/mol. The Balaban J connectivity index is 1.67. The van der Waals surface area contributed by atoms with Crippen molar-refractivity contribution in [2.24, 2.45) is 0 Å². The van der Waals surface area contributed by atoms with E-state index in [1.807, 2.05) is 36.6 Å². The summed E-state index contributed by atoms with van der Waals surface area (Å²) in [7, 11) is 0. The topological polar surface area (TPSA) is 58.2 Å². The van der Waals surface area contributed by atoms with Crippen molar-refractivity contribution in [1.82, 2.24) is 10.6 Å². The summed E-state index contributed by atoms with van der Waals surface area (Å²) in [5.41, 5.74) is 1.81. The van der Waals surface area contributed by atoms with Crippen LogP contribution in [0.5, 0.6) is 0 Å². The molecule has 2 aromatic rings. The van der Waals surface area contributed by atoms with Crippen molar-refractivity contribution >= 4 is 39.1 Å². The third-order valence-electron chi connectivity index (χ3n) is 3.28. The molecule has 0 aliphatic carbocycles. The van der Waals surface area contributed by atoms with Crippen LogP contribution in [0.4, 0.5) is 0 Å². The molecule has 0 fully saturated rings. The van der Waals surface area contributed by atoms with Crippen LogP contribution in [0.25, 0.3) is 0 Å². The summed E-state index contributed by atoms with van der Waals surface area (Å²) in [6, 6.07) is 9.87. The molecule has 2 amide bonds. The first-order valence-corrected chi connectivity index (χ1v) is 9.12. The molecule has 1 aromatic carbocycles. The van der Waals surface area contributed by atoms with E-state index in [9.17, 15) is 9.59 Å². The molecule has 1 heterocycles. The van der Waals surface area contributed by atoms with Crippen LogP contribution in [-0.4, -0.2) is 24.4 Å². The van der Waals surface area contributed by atoms with Gasteiger partial charge < -0.3 is 10.6 Å². The van der Waals surface area contributed by atoms with Crippen LogP contribution in [-0.2, 0) is 11.2 Å². The maximum absolute atomic E-state index is 11.9. The van der Waals surface area contributed by atoms with Crippen molar-refractivity contribution in [3.8, 4) is 0 Å². The molecule has 0 saturated heterocycles. The van der Waals surface area contributed by atoms with Crippen molar-refractivity contribution in [2.45, 2.75) is 25.8 Å². The molecule has 0 radical (unpaired) electrons. The zero-order chi connectivity index (χ0) is 16.7. The SMILES string of the molecule is CC(Cc1ccc(Br)cc1)NC(=O)CCNC(=O)c1ccsc1. The summed E-state index contributed by atoms with van der Waals surface area (Å²) < 4.78 is 1.04. The molecule has 0 bridgehead atoms. The minimum atomic E-state index is -0.137. The zero-order valence-corrected chi connectivity index (χ0v) is 15.2. The Labute approximate surface area is 148 Å². The third kappa shape index (κ3) is 6.15. The van der Waals surface area contributed by atoms with Gasteiger partial charge in [-0.15, -0.1) is 0 Å². The highest BCUT2D eigenvalue weighted by Gasteiger charge is 2.10. The van der Waals surface area contributed by atoms with Crippen LogP contribution >= 0.6 is 27.3 Å². The molecule has 1 atom stereocenters. The molecular weight excluding hydrogens is 376 g/mol. The molecule has 2 N–H and O–H groups in total.